The van der Waals surface area contributed by atoms with Crippen LogP contribution in [0.3, 0.4) is 0 Å². The molecular formula is C25H23N5O. The molecule has 1 aliphatic heterocycles. The molecule has 0 amide bonds. The van der Waals surface area contributed by atoms with E-state index >= 15 is 0 Å². The summed E-state index contributed by atoms with van der Waals surface area (Å²) in [6.07, 6.45) is 2.21. The van der Waals surface area contributed by atoms with Crippen LogP contribution in [0, 0.1) is 11.3 Å². The first-order valence-corrected chi connectivity index (χ1v) is 10.5. The Hall–Kier alpha value is -3.53. The maximum absolute atomic E-state index is 8.88. The maximum atomic E-state index is 8.88. The van der Waals surface area contributed by atoms with Gasteiger partial charge in [0, 0.05) is 37.0 Å². The normalized spacial score (nSPS) is 14.5. The second-order valence-corrected chi connectivity index (χ2v) is 7.76. The fraction of sp³-hybridized carbons (Fsp3) is 0.240. The van der Waals surface area contributed by atoms with Crippen LogP contribution in [-0.2, 0) is 17.7 Å². The number of pyridine rings is 1. The minimum Gasteiger partial charge on any atom is -0.379 e. The highest BCUT2D eigenvalue weighted by atomic mass is 16.5. The number of aromatic nitrogens is 3. The van der Waals surface area contributed by atoms with Crippen LogP contribution in [-0.4, -0.2) is 46.2 Å². The minimum absolute atomic E-state index is 0.418. The molecule has 154 valence electrons. The largest absolute Gasteiger partial charge is 0.379 e. The Morgan fingerprint density at radius 3 is 2.39 bits per heavy atom. The molecule has 3 heterocycles. The molecule has 0 saturated carbocycles. The van der Waals surface area contributed by atoms with Gasteiger partial charge in [0.05, 0.1) is 31.2 Å². The van der Waals surface area contributed by atoms with Gasteiger partial charge in [0.15, 0.2) is 5.65 Å². The van der Waals surface area contributed by atoms with Crippen molar-refractivity contribution in [3.05, 3.63) is 71.9 Å². The quantitative estimate of drug-likeness (QED) is 0.535. The molecule has 6 heteroatoms. The number of fused-ring (bicyclic) bond motifs is 1. The van der Waals surface area contributed by atoms with Crippen LogP contribution in [0.15, 0.2) is 60.8 Å². The Morgan fingerprint density at radius 1 is 0.935 bits per heavy atom. The number of ether oxygens (including phenoxy) is 1. The fourth-order valence-corrected chi connectivity index (χ4v) is 3.97. The van der Waals surface area contributed by atoms with Gasteiger partial charge in [0.25, 0.3) is 0 Å². The predicted octanol–water partition coefficient (Wildman–Crippen LogP) is 4.19. The topological polar surface area (TPSA) is 77.8 Å². The summed E-state index contributed by atoms with van der Waals surface area (Å²) in [7, 11) is 0. The van der Waals surface area contributed by atoms with Gasteiger partial charge >= 0.3 is 0 Å². The zero-order valence-corrected chi connectivity index (χ0v) is 17.2. The average Bonchev–Trinajstić information content (AvgIpc) is 3.26. The number of hydrogen-bond donors (Lipinski definition) is 1. The molecule has 2 aromatic carbocycles. The molecule has 1 N–H and O–H groups in total. The number of aromatic amines is 1. The first-order chi connectivity index (χ1) is 15.3. The number of hydrogen-bond acceptors (Lipinski definition) is 5. The van der Waals surface area contributed by atoms with Crippen LogP contribution >= 0.6 is 0 Å². The predicted molar refractivity (Wildman–Crippen MR) is 120 cm³/mol. The monoisotopic (exact) mass is 409 g/mol. The zero-order chi connectivity index (χ0) is 21.0. The van der Waals surface area contributed by atoms with Gasteiger partial charge in [-0.15, -0.1) is 0 Å². The molecule has 5 rings (SSSR count). The van der Waals surface area contributed by atoms with Crippen molar-refractivity contribution in [1.82, 2.24) is 19.9 Å². The van der Waals surface area contributed by atoms with Crippen LogP contribution < -0.4 is 0 Å². The molecule has 1 aliphatic rings. The Labute approximate surface area is 181 Å². The van der Waals surface area contributed by atoms with Crippen LogP contribution in [0.25, 0.3) is 33.7 Å². The summed E-state index contributed by atoms with van der Waals surface area (Å²) in [5.74, 6) is 0.814. The van der Waals surface area contributed by atoms with Gasteiger partial charge in [0.2, 0.25) is 0 Å². The van der Waals surface area contributed by atoms with Crippen LogP contribution in [0.2, 0.25) is 0 Å². The van der Waals surface area contributed by atoms with E-state index in [1.807, 2.05) is 30.3 Å². The van der Waals surface area contributed by atoms with E-state index in [4.69, 9.17) is 15.0 Å². The molecule has 0 spiro atoms. The Bertz CT molecular complexity index is 1220. The highest BCUT2D eigenvalue weighted by molar-refractivity contribution is 5.91. The van der Waals surface area contributed by atoms with E-state index in [0.717, 1.165) is 66.4 Å². The van der Waals surface area contributed by atoms with Crippen molar-refractivity contribution >= 4 is 11.2 Å². The minimum atomic E-state index is 0.418. The van der Waals surface area contributed by atoms with Crippen molar-refractivity contribution < 1.29 is 4.74 Å². The molecule has 31 heavy (non-hydrogen) atoms. The second-order valence-electron chi connectivity index (χ2n) is 7.76. The summed E-state index contributed by atoms with van der Waals surface area (Å²) >= 11 is 0. The number of nitrogens with zero attached hydrogens (tertiary/aromatic N) is 4. The molecule has 4 aromatic rings. The van der Waals surface area contributed by atoms with Crippen molar-refractivity contribution in [2.45, 2.75) is 13.0 Å². The van der Waals surface area contributed by atoms with E-state index in [1.165, 1.54) is 5.56 Å². The van der Waals surface area contributed by atoms with Crippen molar-refractivity contribution in [1.29, 1.82) is 5.26 Å². The number of H-pyrrole nitrogens is 1. The van der Waals surface area contributed by atoms with E-state index in [1.54, 1.807) is 6.20 Å². The van der Waals surface area contributed by atoms with Crippen LogP contribution in [0.1, 0.15) is 11.1 Å². The van der Waals surface area contributed by atoms with Crippen LogP contribution in [0.5, 0.6) is 0 Å². The Balaban J connectivity index is 1.41. The third-order valence-corrected chi connectivity index (χ3v) is 5.68. The third kappa shape index (κ3) is 4.19. The lowest BCUT2D eigenvalue weighted by atomic mass is 10.0. The van der Waals surface area contributed by atoms with Crippen molar-refractivity contribution in [2.24, 2.45) is 0 Å². The standard InChI is InChI=1S/C25H23N5O/c26-11-9-18-1-5-20(6-2-18)22-10-12-27-25-23(22)28-24(29-25)21-7-3-19(4-8-21)17-30-13-15-31-16-14-30/h1-8,10,12H,9,13-17H2,(H,27,28,29). The number of imidazole rings is 1. The maximum Gasteiger partial charge on any atom is 0.178 e. The molecular weight excluding hydrogens is 386 g/mol. The van der Waals surface area contributed by atoms with Gasteiger partial charge in [-0.05, 0) is 22.8 Å². The number of rotatable bonds is 5. The average molecular weight is 409 g/mol. The third-order valence-electron chi connectivity index (χ3n) is 5.68. The van der Waals surface area contributed by atoms with E-state index in [-0.39, 0.29) is 0 Å². The summed E-state index contributed by atoms with van der Waals surface area (Å²) in [6.45, 7) is 4.53. The molecule has 6 nitrogen and oxygen atoms in total. The van der Waals surface area contributed by atoms with Gasteiger partial charge < -0.3 is 9.72 Å². The lowest BCUT2D eigenvalue weighted by Gasteiger charge is -2.26. The molecule has 0 atom stereocenters. The summed E-state index contributed by atoms with van der Waals surface area (Å²) in [5.41, 5.74) is 7.09. The molecule has 0 aliphatic carbocycles. The van der Waals surface area contributed by atoms with Gasteiger partial charge in [-0.3, -0.25) is 4.90 Å². The van der Waals surface area contributed by atoms with Crippen molar-refractivity contribution in [3.8, 4) is 28.6 Å². The Morgan fingerprint density at radius 2 is 1.65 bits per heavy atom. The molecule has 0 radical (unpaired) electrons. The lowest BCUT2D eigenvalue weighted by Crippen LogP contribution is -2.35. The number of nitrogens with one attached hydrogen (secondary N) is 1. The molecule has 0 unspecified atom stereocenters. The van der Waals surface area contributed by atoms with E-state index in [2.05, 4.69) is 45.2 Å². The summed E-state index contributed by atoms with van der Waals surface area (Å²) < 4.78 is 5.43. The van der Waals surface area contributed by atoms with E-state index in [9.17, 15) is 0 Å². The van der Waals surface area contributed by atoms with Crippen LogP contribution in [0.4, 0.5) is 0 Å². The van der Waals surface area contributed by atoms with E-state index < -0.39 is 0 Å². The second kappa shape index (κ2) is 8.68. The molecule has 0 bridgehead atoms. The SMILES string of the molecule is N#CCc1ccc(-c2ccnc3nc(-c4ccc(CN5CCOCC5)cc4)[nH]c23)cc1. The molecule has 2 aromatic heterocycles. The molecule has 1 fully saturated rings. The Kier molecular flexibility index (Phi) is 5.44. The smallest absolute Gasteiger partial charge is 0.178 e. The van der Waals surface area contributed by atoms with E-state index in [0.29, 0.717) is 12.1 Å². The fourth-order valence-electron chi connectivity index (χ4n) is 3.97. The summed E-state index contributed by atoms with van der Waals surface area (Å²) in [4.78, 5) is 15.1. The van der Waals surface area contributed by atoms with Crippen molar-refractivity contribution in [3.63, 3.8) is 0 Å². The highest BCUT2D eigenvalue weighted by Crippen LogP contribution is 2.29. The van der Waals surface area contributed by atoms with Gasteiger partial charge in [-0.2, -0.15) is 5.26 Å². The highest BCUT2D eigenvalue weighted by Gasteiger charge is 2.13. The molecule has 1 saturated heterocycles. The van der Waals surface area contributed by atoms with Gasteiger partial charge in [-0.1, -0.05) is 48.5 Å². The first kappa shape index (κ1) is 19.4. The number of morpholine rings is 1. The number of benzene rings is 2. The zero-order valence-electron chi connectivity index (χ0n) is 17.2. The van der Waals surface area contributed by atoms with Crippen molar-refractivity contribution in [2.75, 3.05) is 26.3 Å². The number of nitriles is 1. The van der Waals surface area contributed by atoms with Gasteiger partial charge in [0.1, 0.15) is 5.82 Å². The van der Waals surface area contributed by atoms with Gasteiger partial charge in [-0.25, -0.2) is 9.97 Å². The lowest BCUT2D eigenvalue weighted by molar-refractivity contribution is 0.0342. The summed E-state index contributed by atoms with van der Waals surface area (Å²) in [6, 6.07) is 20.8. The summed E-state index contributed by atoms with van der Waals surface area (Å²) in [5, 5.41) is 8.88. The first-order valence-electron chi connectivity index (χ1n) is 10.5.